The van der Waals surface area contributed by atoms with Gasteiger partial charge in [0.25, 0.3) is 5.69 Å². The molecule has 0 saturated carbocycles. The van der Waals surface area contributed by atoms with Crippen molar-refractivity contribution < 1.29 is 19.3 Å². The minimum absolute atomic E-state index is 0.0532. The molecule has 1 N–H and O–H groups in total. The minimum Gasteiger partial charge on any atom is -0.486 e. The highest BCUT2D eigenvalue weighted by molar-refractivity contribution is 5.99. The van der Waals surface area contributed by atoms with Crippen molar-refractivity contribution in [3.63, 3.8) is 0 Å². The molecule has 0 unspecified atom stereocenters. The van der Waals surface area contributed by atoms with E-state index in [1.807, 2.05) is 0 Å². The van der Waals surface area contributed by atoms with E-state index in [1.165, 1.54) is 12.1 Å². The number of benzene rings is 2. The van der Waals surface area contributed by atoms with Gasteiger partial charge in [-0.3, -0.25) is 25.7 Å². The molecule has 10 nitrogen and oxygen atoms in total. The van der Waals surface area contributed by atoms with E-state index in [-0.39, 0.29) is 11.4 Å². The van der Waals surface area contributed by atoms with E-state index in [0.29, 0.717) is 30.4 Å². The van der Waals surface area contributed by atoms with E-state index >= 15 is 0 Å². The topological polar surface area (TPSA) is 129 Å². The molecule has 0 amide bonds. The maximum Gasteiger partial charge on any atom is 0.301 e. The number of fused-ring (bicyclic) bond motifs is 1. The third-order valence-electron chi connectivity index (χ3n) is 3.69. The Hall–Kier alpha value is -3.69. The van der Waals surface area contributed by atoms with Crippen LogP contribution in [0.1, 0.15) is 12.5 Å². The van der Waals surface area contributed by atoms with Gasteiger partial charge in [0, 0.05) is 11.6 Å². The van der Waals surface area contributed by atoms with E-state index in [4.69, 9.17) is 9.47 Å². The summed E-state index contributed by atoms with van der Waals surface area (Å²) in [5, 5.41) is 26.0. The van der Waals surface area contributed by atoms with Crippen molar-refractivity contribution in [3.05, 3.63) is 62.2 Å². The number of hydrogen-bond acceptors (Lipinski definition) is 8. The summed E-state index contributed by atoms with van der Waals surface area (Å²) in [6.45, 7) is 2.67. The highest BCUT2D eigenvalue weighted by Gasteiger charge is 2.19. The molecule has 0 spiro atoms. The molecule has 1 aliphatic rings. The van der Waals surface area contributed by atoms with Crippen LogP contribution >= 0.6 is 0 Å². The Morgan fingerprint density at radius 3 is 2.46 bits per heavy atom. The first-order chi connectivity index (χ1) is 12.5. The number of anilines is 1. The summed E-state index contributed by atoms with van der Waals surface area (Å²) >= 11 is 0. The van der Waals surface area contributed by atoms with Gasteiger partial charge in [-0.05, 0) is 31.2 Å². The van der Waals surface area contributed by atoms with Crippen molar-refractivity contribution in [2.24, 2.45) is 5.10 Å². The Balaban J connectivity index is 1.85. The van der Waals surface area contributed by atoms with Gasteiger partial charge < -0.3 is 9.47 Å². The Labute approximate surface area is 147 Å². The van der Waals surface area contributed by atoms with Crippen LogP contribution in [0.4, 0.5) is 17.1 Å². The van der Waals surface area contributed by atoms with Gasteiger partial charge in [-0.15, -0.1) is 0 Å². The first-order valence-corrected chi connectivity index (χ1v) is 7.59. The second-order valence-electron chi connectivity index (χ2n) is 5.38. The zero-order valence-electron chi connectivity index (χ0n) is 13.7. The number of rotatable bonds is 5. The number of non-ortho nitro benzene ring substituents is 1. The first-order valence-electron chi connectivity index (χ1n) is 7.59. The summed E-state index contributed by atoms with van der Waals surface area (Å²) in [6.07, 6.45) is 0. The summed E-state index contributed by atoms with van der Waals surface area (Å²) in [6, 6.07) is 8.62. The first kappa shape index (κ1) is 17.1. The van der Waals surface area contributed by atoms with E-state index < -0.39 is 15.5 Å². The highest BCUT2D eigenvalue weighted by Crippen LogP contribution is 2.31. The lowest BCUT2D eigenvalue weighted by Crippen LogP contribution is -2.15. The minimum atomic E-state index is -0.704. The van der Waals surface area contributed by atoms with Gasteiger partial charge in [0.2, 0.25) is 0 Å². The van der Waals surface area contributed by atoms with Gasteiger partial charge in [0.1, 0.15) is 18.9 Å². The predicted molar refractivity (Wildman–Crippen MR) is 93.0 cm³/mol. The van der Waals surface area contributed by atoms with Crippen molar-refractivity contribution >= 4 is 22.8 Å². The van der Waals surface area contributed by atoms with Crippen LogP contribution in [0.25, 0.3) is 0 Å². The third-order valence-corrected chi connectivity index (χ3v) is 3.69. The number of nitro groups is 2. The number of ether oxygens (including phenoxy) is 2. The SMILES string of the molecule is C/C(=N/Nc1ccc([N+](=O)[O-])cc1[N+](=O)[O-])c1ccc2c(c1)OCCO2. The van der Waals surface area contributed by atoms with Crippen LogP contribution in [-0.4, -0.2) is 28.8 Å². The number of nitrogens with one attached hydrogen (secondary N) is 1. The van der Waals surface area contributed by atoms with Crippen LogP contribution < -0.4 is 14.9 Å². The molecule has 0 saturated heterocycles. The highest BCUT2D eigenvalue weighted by atomic mass is 16.6. The zero-order chi connectivity index (χ0) is 18.7. The fraction of sp³-hybridized carbons (Fsp3) is 0.188. The van der Waals surface area contributed by atoms with Crippen molar-refractivity contribution in [3.8, 4) is 11.5 Å². The third kappa shape index (κ3) is 3.53. The molecule has 0 aromatic heterocycles. The van der Waals surface area contributed by atoms with Crippen molar-refractivity contribution in [1.82, 2.24) is 0 Å². The predicted octanol–water partition coefficient (Wildman–Crippen LogP) is 3.11. The van der Waals surface area contributed by atoms with Gasteiger partial charge in [-0.1, -0.05) is 0 Å². The second kappa shape index (κ2) is 7.05. The average molecular weight is 358 g/mol. The fourth-order valence-corrected chi connectivity index (χ4v) is 2.36. The van der Waals surface area contributed by atoms with E-state index in [2.05, 4.69) is 10.5 Å². The van der Waals surface area contributed by atoms with Crippen molar-refractivity contribution in [2.75, 3.05) is 18.6 Å². The Bertz CT molecular complexity index is 912. The van der Waals surface area contributed by atoms with Gasteiger partial charge >= 0.3 is 5.69 Å². The molecule has 3 rings (SSSR count). The molecule has 134 valence electrons. The van der Waals surface area contributed by atoms with E-state index in [9.17, 15) is 20.2 Å². The lowest BCUT2D eigenvalue weighted by atomic mass is 10.1. The van der Waals surface area contributed by atoms with Gasteiger partial charge in [-0.2, -0.15) is 5.10 Å². The molecule has 0 bridgehead atoms. The van der Waals surface area contributed by atoms with Crippen LogP contribution in [0.2, 0.25) is 0 Å². The Morgan fingerprint density at radius 2 is 1.77 bits per heavy atom. The molecule has 0 radical (unpaired) electrons. The normalized spacial score (nSPS) is 13.2. The van der Waals surface area contributed by atoms with Crippen molar-refractivity contribution in [1.29, 1.82) is 0 Å². The van der Waals surface area contributed by atoms with Crippen LogP contribution in [0, 0.1) is 20.2 Å². The monoisotopic (exact) mass is 358 g/mol. The van der Waals surface area contributed by atoms with Crippen molar-refractivity contribution in [2.45, 2.75) is 6.92 Å². The molecule has 0 atom stereocenters. The van der Waals surface area contributed by atoms with Crippen LogP contribution in [-0.2, 0) is 0 Å². The van der Waals surface area contributed by atoms with E-state index in [0.717, 1.165) is 11.6 Å². The van der Waals surface area contributed by atoms with Gasteiger partial charge in [0.05, 0.1) is 21.6 Å². The summed E-state index contributed by atoms with van der Waals surface area (Å²) in [5.41, 5.74) is 3.14. The van der Waals surface area contributed by atoms with Gasteiger partial charge in [0.15, 0.2) is 11.5 Å². The molecular weight excluding hydrogens is 344 g/mol. The molecule has 1 aliphatic heterocycles. The van der Waals surface area contributed by atoms with Crippen LogP contribution in [0.15, 0.2) is 41.5 Å². The smallest absolute Gasteiger partial charge is 0.301 e. The lowest BCUT2D eigenvalue weighted by Gasteiger charge is -2.18. The average Bonchev–Trinajstić information content (AvgIpc) is 2.65. The molecule has 1 heterocycles. The number of nitro benzene ring substituents is 2. The summed E-state index contributed by atoms with van der Waals surface area (Å²) in [5.74, 6) is 1.25. The van der Waals surface area contributed by atoms with E-state index in [1.54, 1.807) is 25.1 Å². The zero-order valence-corrected chi connectivity index (χ0v) is 13.7. The molecule has 2 aromatic rings. The summed E-state index contributed by atoms with van der Waals surface area (Å²) < 4.78 is 11.0. The molecule has 0 fully saturated rings. The molecule has 2 aromatic carbocycles. The fourth-order valence-electron chi connectivity index (χ4n) is 2.36. The van der Waals surface area contributed by atoms with Crippen LogP contribution in [0.3, 0.4) is 0 Å². The quantitative estimate of drug-likeness (QED) is 0.494. The molecule has 10 heteroatoms. The molecule has 0 aliphatic carbocycles. The lowest BCUT2D eigenvalue weighted by molar-refractivity contribution is -0.393. The van der Waals surface area contributed by atoms with Crippen LogP contribution in [0.5, 0.6) is 11.5 Å². The summed E-state index contributed by atoms with van der Waals surface area (Å²) in [4.78, 5) is 20.5. The second-order valence-corrected chi connectivity index (χ2v) is 5.38. The maximum absolute atomic E-state index is 11.1. The maximum atomic E-state index is 11.1. The standard InChI is InChI=1S/C16H14N4O6/c1-10(11-2-5-15-16(8-11)26-7-6-25-15)17-18-13-4-3-12(19(21)22)9-14(13)20(23)24/h2-5,8-9,18H,6-7H2,1H3/b17-10-. The summed E-state index contributed by atoms with van der Waals surface area (Å²) in [7, 11) is 0. The van der Waals surface area contributed by atoms with Gasteiger partial charge in [-0.25, -0.2) is 0 Å². The number of hydrazone groups is 1. The largest absolute Gasteiger partial charge is 0.486 e. The number of hydrogen-bond donors (Lipinski definition) is 1. The Morgan fingerprint density at radius 1 is 1.04 bits per heavy atom. The Kier molecular flexibility index (Phi) is 4.65. The molecule has 26 heavy (non-hydrogen) atoms. The number of nitrogens with zero attached hydrogens (tertiary/aromatic N) is 3. The molecular formula is C16H14N4O6.